The molecule has 16 heavy (non-hydrogen) atoms. The fourth-order valence-electron chi connectivity index (χ4n) is 2.94. The largest absolute Gasteiger partial charge is 0.394 e. The second-order valence-corrected chi connectivity index (χ2v) is 5.45. The van der Waals surface area contributed by atoms with Crippen molar-refractivity contribution in [3.8, 4) is 0 Å². The number of rotatable bonds is 2. The monoisotopic (exact) mass is 228 g/mol. The molecule has 2 aliphatic rings. The Kier molecular flexibility index (Phi) is 3.54. The molecule has 2 fully saturated rings. The topological polar surface area (TPSA) is 35.9 Å². The van der Waals surface area contributed by atoms with E-state index in [9.17, 15) is 5.11 Å². The van der Waals surface area contributed by atoms with E-state index in [2.05, 4.69) is 30.6 Å². The Hall–Kier alpha value is -0.160. The number of ether oxygens (including phenoxy) is 1. The van der Waals surface area contributed by atoms with Crippen molar-refractivity contribution in [1.82, 2.24) is 9.80 Å². The molecule has 0 aromatic rings. The molecule has 0 amide bonds. The highest BCUT2D eigenvalue weighted by Gasteiger charge is 2.46. The van der Waals surface area contributed by atoms with Crippen LogP contribution in [0.25, 0.3) is 0 Å². The van der Waals surface area contributed by atoms with Crippen molar-refractivity contribution in [3.63, 3.8) is 0 Å². The number of aliphatic hydroxyl groups excluding tert-OH is 1. The first-order valence-corrected chi connectivity index (χ1v) is 6.29. The van der Waals surface area contributed by atoms with Gasteiger partial charge in [-0.25, -0.2) is 0 Å². The molecular formula is C12H24N2O2. The van der Waals surface area contributed by atoms with E-state index in [0.717, 1.165) is 32.8 Å². The zero-order valence-electron chi connectivity index (χ0n) is 10.6. The Morgan fingerprint density at radius 1 is 1.38 bits per heavy atom. The minimum atomic E-state index is -0.0391. The van der Waals surface area contributed by atoms with Gasteiger partial charge in [0.25, 0.3) is 0 Å². The van der Waals surface area contributed by atoms with Gasteiger partial charge in [0, 0.05) is 32.2 Å². The molecule has 0 aliphatic carbocycles. The number of nitrogens with zero attached hydrogens (tertiary/aromatic N) is 2. The van der Waals surface area contributed by atoms with Crippen LogP contribution in [0.3, 0.4) is 0 Å². The first kappa shape index (κ1) is 12.3. The summed E-state index contributed by atoms with van der Waals surface area (Å²) in [7, 11) is 0. The summed E-state index contributed by atoms with van der Waals surface area (Å²) >= 11 is 0. The van der Waals surface area contributed by atoms with Crippen molar-refractivity contribution in [3.05, 3.63) is 0 Å². The van der Waals surface area contributed by atoms with Crippen LogP contribution in [0.15, 0.2) is 0 Å². The van der Waals surface area contributed by atoms with Gasteiger partial charge in [-0.1, -0.05) is 0 Å². The third-order valence-electron chi connectivity index (χ3n) is 4.17. The van der Waals surface area contributed by atoms with Crippen molar-refractivity contribution in [1.29, 1.82) is 0 Å². The highest BCUT2D eigenvalue weighted by Crippen LogP contribution is 2.30. The molecule has 4 nitrogen and oxygen atoms in total. The summed E-state index contributed by atoms with van der Waals surface area (Å²) in [6, 6.07) is 0.570. The molecule has 2 atom stereocenters. The molecule has 0 bridgehead atoms. The number of hydrogen-bond donors (Lipinski definition) is 1. The second-order valence-electron chi connectivity index (χ2n) is 5.45. The van der Waals surface area contributed by atoms with Crippen molar-refractivity contribution in [2.45, 2.75) is 38.5 Å². The molecular weight excluding hydrogens is 204 g/mol. The van der Waals surface area contributed by atoms with Gasteiger partial charge in [0.15, 0.2) is 0 Å². The Labute approximate surface area is 98.2 Å². The SMILES string of the molecule is CC(C)N1CCN2CCO[C@H](CO)[C@]2(C)C1. The lowest BCUT2D eigenvalue weighted by Crippen LogP contribution is -2.70. The van der Waals surface area contributed by atoms with Crippen LogP contribution < -0.4 is 0 Å². The van der Waals surface area contributed by atoms with Crippen LogP contribution in [-0.2, 0) is 4.74 Å². The molecule has 0 unspecified atom stereocenters. The van der Waals surface area contributed by atoms with Crippen LogP contribution in [0.2, 0.25) is 0 Å². The summed E-state index contributed by atoms with van der Waals surface area (Å²) in [6.45, 7) is 11.8. The van der Waals surface area contributed by atoms with E-state index in [1.165, 1.54) is 0 Å². The molecule has 1 N–H and O–H groups in total. The zero-order chi connectivity index (χ0) is 11.8. The molecule has 2 saturated heterocycles. The summed E-state index contributed by atoms with van der Waals surface area (Å²) in [5.41, 5.74) is -0.0183. The summed E-state index contributed by atoms with van der Waals surface area (Å²) in [6.07, 6.45) is -0.0391. The third-order valence-corrected chi connectivity index (χ3v) is 4.17. The van der Waals surface area contributed by atoms with Crippen molar-refractivity contribution < 1.29 is 9.84 Å². The third kappa shape index (κ3) is 1.99. The minimum absolute atomic E-state index is 0.0183. The van der Waals surface area contributed by atoms with E-state index >= 15 is 0 Å². The van der Waals surface area contributed by atoms with E-state index < -0.39 is 0 Å². The molecule has 0 aromatic heterocycles. The lowest BCUT2D eigenvalue weighted by Gasteiger charge is -2.55. The highest BCUT2D eigenvalue weighted by atomic mass is 16.5. The molecule has 2 aliphatic heterocycles. The van der Waals surface area contributed by atoms with E-state index in [0.29, 0.717) is 6.04 Å². The van der Waals surface area contributed by atoms with E-state index in [1.807, 2.05) is 0 Å². The fourth-order valence-corrected chi connectivity index (χ4v) is 2.94. The van der Waals surface area contributed by atoms with Crippen LogP contribution in [0.1, 0.15) is 20.8 Å². The maximum atomic E-state index is 9.45. The number of fused-ring (bicyclic) bond motifs is 1. The van der Waals surface area contributed by atoms with Crippen LogP contribution in [0.5, 0.6) is 0 Å². The van der Waals surface area contributed by atoms with Gasteiger partial charge in [-0.2, -0.15) is 0 Å². The number of piperazine rings is 1. The normalized spacial score (nSPS) is 37.7. The van der Waals surface area contributed by atoms with Crippen LogP contribution in [-0.4, -0.2) is 72.0 Å². The first-order chi connectivity index (χ1) is 7.58. The van der Waals surface area contributed by atoms with Crippen molar-refractivity contribution in [2.24, 2.45) is 0 Å². The lowest BCUT2D eigenvalue weighted by molar-refractivity contribution is -0.163. The predicted molar refractivity (Wildman–Crippen MR) is 63.5 cm³/mol. The second kappa shape index (κ2) is 4.61. The van der Waals surface area contributed by atoms with Crippen LogP contribution >= 0.6 is 0 Å². The van der Waals surface area contributed by atoms with Gasteiger partial charge < -0.3 is 9.84 Å². The van der Waals surface area contributed by atoms with Gasteiger partial charge in [0.1, 0.15) is 0 Å². The number of hydrogen-bond acceptors (Lipinski definition) is 4. The van der Waals surface area contributed by atoms with Gasteiger partial charge in [-0.05, 0) is 20.8 Å². The zero-order valence-corrected chi connectivity index (χ0v) is 10.6. The maximum absolute atomic E-state index is 9.45. The molecule has 2 rings (SSSR count). The Morgan fingerprint density at radius 3 is 2.75 bits per heavy atom. The highest BCUT2D eigenvalue weighted by molar-refractivity contribution is 5.02. The maximum Gasteiger partial charge on any atom is 0.0999 e. The molecule has 0 saturated carbocycles. The molecule has 0 spiro atoms. The Balaban J connectivity index is 2.13. The van der Waals surface area contributed by atoms with Gasteiger partial charge in [-0.3, -0.25) is 9.80 Å². The molecule has 4 heteroatoms. The first-order valence-electron chi connectivity index (χ1n) is 6.29. The minimum Gasteiger partial charge on any atom is -0.394 e. The summed E-state index contributed by atoms with van der Waals surface area (Å²) in [5, 5.41) is 9.45. The smallest absolute Gasteiger partial charge is 0.0999 e. The van der Waals surface area contributed by atoms with Gasteiger partial charge in [0.05, 0.1) is 24.9 Å². The van der Waals surface area contributed by atoms with Gasteiger partial charge in [0.2, 0.25) is 0 Å². The standard InChI is InChI=1S/C12H24N2O2/c1-10(2)13-4-5-14-6-7-16-11(8-15)12(14,3)9-13/h10-11,15H,4-9H2,1-3H3/t11-,12+/m1/s1. The lowest BCUT2D eigenvalue weighted by atomic mass is 9.87. The summed E-state index contributed by atoms with van der Waals surface area (Å²) in [4.78, 5) is 4.96. The quantitative estimate of drug-likeness (QED) is 0.730. The van der Waals surface area contributed by atoms with Gasteiger partial charge in [-0.15, -0.1) is 0 Å². The van der Waals surface area contributed by atoms with E-state index in [1.54, 1.807) is 0 Å². The Bertz CT molecular complexity index is 239. The van der Waals surface area contributed by atoms with Crippen LogP contribution in [0, 0.1) is 0 Å². The molecule has 0 radical (unpaired) electrons. The molecule has 94 valence electrons. The van der Waals surface area contributed by atoms with Crippen LogP contribution in [0.4, 0.5) is 0 Å². The molecule has 2 heterocycles. The van der Waals surface area contributed by atoms with Crippen molar-refractivity contribution in [2.75, 3.05) is 39.4 Å². The van der Waals surface area contributed by atoms with Crippen molar-refractivity contribution >= 4 is 0 Å². The predicted octanol–water partition coefficient (Wildman–Crippen LogP) is 0.162. The molecule has 0 aromatic carbocycles. The Morgan fingerprint density at radius 2 is 2.12 bits per heavy atom. The average molecular weight is 228 g/mol. The average Bonchev–Trinajstić information content (AvgIpc) is 2.26. The number of morpholine rings is 1. The summed E-state index contributed by atoms with van der Waals surface area (Å²) < 4.78 is 5.71. The van der Waals surface area contributed by atoms with Gasteiger partial charge >= 0.3 is 0 Å². The fraction of sp³-hybridized carbons (Fsp3) is 1.00. The number of aliphatic hydroxyl groups is 1. The summed E-state index contributed by atoms with van der Waals surface area (Å²) in [5.74, 6) is 0. The van der Waals surface area contributed by atoms with E-state index in [-0.39, 0.29) is 18.2 Å². The van der Waals surface area contributed by atoms with E-state index in [4.69, 9.17) is 4.74 Å².